The lowest BCUT2D eigenvalue weighted by atomic mass is 9.97. The number of urea groups is 1. The highest BCUT2D eigenvalue weighted by molar-refractivity contribution is 5.83. The minimum atomic E-state index is -0.704. The van der Waals surface area contributed by atoms with Crippen LogP contribution in [0.4, 0.5) is 4.79 Å². The minimum absolute atomic E-state index is 0.0977. The van der Waals surface area contributed by atoms with Gasteiger partial charge in [-0.15, -0.1) is 0 Å². The molecule has 0 bridgehead atoms. The highest BCUT2D eigenvalue weighted by Gasteiger charge is 2.19. The van der Waals surface area contributed by atoms with Gasteiger partial charge in [0.2, 0.25) is 5.91 Å². The maximum absolute atomic E-state index is 11.4. The summed E-state index contributed by atoms with van der Waals surface area (Å²) >= 11 is 0. The van der Waals surface area contributed by atoms with Crippen LogP contribution in [0.5, 0.6) is 5.75 Å². The van der Waals surface area contributed by atoms with Gasteiger partial charge in [-0.1, -0.05) is 18.2 Å². The summed E-state index contributed by atoms with van der Waals surface area (Å²) in [6.45, 7) is 1.01. The van der Waals surface area contributed by atoms with E-state index < -0.39 is 6.03 Å². The molecule has 3 amide bonds. The lowest BCUT2D eigenvalue weighted by Gasteiger charge is -2.25. The maximum Gasteiger partial charge on any atom is 0.312 e. The van der Waals surface area contributed by atoms with Crippen LogP contribution in [-0.2, 0) is 11.2 Å². The second kappa shape index (κ2) is 6.08. The Hall–Kier alpha value is -2.24. The number of benzene rings is 1. The molecule has 1 heterocycles. The van der Waals surface area contributed by atoms with Crippen LogP contribution in [0.25, 0.3) is 0 Å². The van der Waals surface area contributed by atoms with Crippen molar-refractivity contribution in [3.05, 3.63) is 29.8 Å². The molecule has 1 aliphatic heterocycles. The number of carbonyl (C=O) groups is 2. The summed E-state index contributed by atoms with van der Waals surface area (Å²) in [7, 11) is 0. The Morgan fingerprint density at radius 3 is 2.89 bits per heavy atom. The average Bonchev–Trinajstić information content (AvgIpc) is 2.42. The van der Waals surface area contributed by atoms with Gasteiger partial charge < -0.3 is 21.1 Å². The molecule has 0 fully saturated rings. The van der Waals surface area contributed by atoms with E-state index in [9.17, 15) is 9.59 Å². The number of nitrogens with two attached hydrogens (primary N) is 1. The highest BCUT2D eigenvalue weighted by Crippen LogP contribution is 2.26. The van der Waals surface area contributed by atoms with Crippen molar-refractivity contribution in [3.8, 4) is 5.75 Å². The Bertz CT molecular complexity index is 476. The van der Waals surface area contributed by atoms with Crippen LogP contribution in [0.15, 0.2) is 24.3 Å². The smallest absolute Gasteiger partial charge is 0.312 e. The number of para-hydroxylation sites is 1. The number of ether oxygens (including phenoxy) is 1. The molecule has 0 aromatic heterocycles. The lowest BCUT2D eigenvalue weighted by molar-refractivity contribution is -0.120. The van der Waals surface area contributed by atoms with Gasteiger partial charge in [0.1, 0.15) is 5.75 Å². The Morgan fingerprint density at radius 2 is 2.11 bits per heavy atom. The van der Waals surface area contributed by atoms with E-state index in [1.54, 1.807) is 0 Å². The van der Waals surface area contributed by atoms with Gasteiger partial charge in [-0.25, -0.2) is 4.79 Å². The molecule has 19 heavy (non-hydrogen) atoms. The first kappa shape index (κ1) is 13.2. The molecule has 6 nitrogen and oxygen atoms in total. The minimum Gasteiger partial charge on any atom is -0.493 e. The first-order valence-corrected chi connectivity index (χ1v) is 6.16. The van der Waals surface area contributed by atoms with Gasteiger partial charge >= 0.3 is 6.03 Å². The van der Waals surface area contributed by atoms with Crippen molar-refractivity contribution < 1.29 is 14.3 Å². The zero-order valence-corrected chi connectivity index (χ0v) is 10.5. The van der Waals surface area contributed by atoms with Crippen LogP contribution in [0.3, 0.4) is 0 Å². The van der Waals surface area contributed by atoms with Crippen molar-refractivity contribution in [1.82, 2.24) is 10.6 Å². The van der Waals surface area contributed by atoms with Crippen LogP contribution in [-0.4, -0.2) is 31.6 Å². The van der Waals surface area contributed by atoms with Crippen molar-refractivity contribution in [2.24, 2.45) is 11.7 Å². The summed E-state index contributed by atoms with van der Waals surface area (Å²) in [5.41, 5.74) is 6.04. The van der Waals surface area contributed by atoms with Crippen molar-refractivity contribution in [1.29, 1.82) is 0 Å². The summed E-state index contributed by atoms with van der Waals surface area (Å²) in [4.78, 5) is 21.9. The van der Waals surface area contributed by atoms with Crippen molar-refractivity contribution in [2.75, 3.05) is 19.7 Å². The molecule has 1 aromatic carbocycles. The third kappa shape index (κ3) is 3.87. The molecule has 1 unspecified atom stereocenters. The van der Waals surface area contributed by atoms with Gasteiger partial charge in [0.25, 0.3) is 0 Å². The van der Waals surface area contributed by atoms with E-state index in [2.05, 4.69) is 10.6 Å². The normalized spacial score (nSPS) is 16.9. The summed E-state index contributed by atoms with van der Waals surface area (Å²) in [6, 6.07) is 7.18. The molecule has 0 saturated heterocycles. The monoisotopic (exact) mass is 263 g/mol. The third-order valence-corrected chi connectivity index (χ3v) is 2.97. The van der Waals surface area contributed by atoms with E-state index >= 15 is 0 Å². The Labute approximate surface area is 111 Å². The molecule has 1 aromatic rings. The molecule has 4 N–H and O–H groups in total. The van der Waals surface area contributed by atoms with Gasteiger partial charge in [-0.3, -0.25) is 4.79 Å². The zero-order valence-electron chi connectivity index (χ0n) is 10.5. The quantitative estimate of drug-likeness (QED) is 0.715. The molecule has 0 spiro atoms. The van der Waals surface area contributed by atoms with Crippen molar-refractivity contribution in [3.63, 3.8) is 0 Å². The van der Waals surface area contributed by atoms with Gasteiger partial charge in [-0.2, -0.15) is 0 Å². The highest BCUT2D eigenvalue weighted by atomic mass is 16.5. The second-order valence-electron chi connectivity index (χ2n) is 4.51. The number of rotatable bonds is 4. The Kier molecular flexibility index (Phi) is 4.22. The lowest BCUT2D eigenvalue weighted by Crippen LogP contribution is -2.42. The predicted octanol–water partition coefficient (Wildman–Crippen LogP) is 0.0222. The van der Waals surface area contributed by atoms with Crippen LogP contribution in [0.1, 0.15) is 5.56 Å². The van der Waals surface area contributed by atoms with E-state index in [1.165, 1.54) is 0 Å². The number of nitrogens with one attached hydrogen (secondary N) is 2. The fourth-order valence-corrected chi connectivity index (χ4v) is 2.01. The van der Waals surface area contributed by atoms with Crippen LogP contribution >= 0.6 is 0 Å². The second-order valence-corrected chi connectivity index (χ2v) is 4.51. The van der Waals surface area contributed by atoms with Gasteiger partial charge in [-0.05, 0) is 18.1 Å². The molecule has 1 aliphatic rings. The zero-order chi connectivity index (χ0) is 13.7. The summed E-state index contributed by atoms with van der Waals surface area (Å²) < 4.78 is 5.63. The summed E-state index contributed by atoms with van der Waals surface area (Å²) in [5.74, 6) is 0.908. The molecular weight excluding hydrogens is 246 g/mol. The Morgan fingerprint density at radius 1 is 1.32 bits per heavy atom. The number of primary amides is 1. The topological polar surface area (TPSA) is 93.5 Å². The van der Waals surface area contributed by atoms with E-state index in [0.29, 0.717) is 13.2 Å². The van der Waals surface area contributed by atoms with E-state index in [-0.39, 0.29) is 18.4 Å². The molecule has 102 valence electrons. The van der Waals surface area contributed by atoms with E-state index in [0.717, 1.165) is 17.7 Å². The first-order valence-electron chi connectivity index (χ1n) is 6.16. The SMILES string of the molecule is NC(=O)NCC(=O)NCC1COc2ccccc2C1. The molecule has 2 rings (SSSR count). The summed E-state index contributed by atoms with van der Waals surface area (Å²) in [6.07, 6.45) is 0.875. The molecule has 0 saturated carbocycles. The number of hydrogen-bond donors (Lipinski definition) is 3. The van der Waals surface area contributed by atoms with Gasteiger partial charge in [0.15, 0.2) is 0 Å². The molecule has 0 aliphatic carbocycles. The van der Waals surface area contributed by atoms with E-state index in [1.807, 2.05) is 24.3 Å². The van der Waals surface area contributed by atoms with E-state index in [4.69, 9.17) is 10.5 Å². The molecular formula is C13H17N3O3. The van der Waals surface area contributed by atoms with Crippen molar-refractivity contribution >= 4 is 11.9 Å². The molecule has 1 atom stereocenters. The standard InChI is InChI=1S/C13H17N3O3/c14-13(18)16-7-12(17)15-6-9-5-10-3-1-2-4-11(10)19-8-9/h1-4,9H,5-8H2,(H,15,17)(H3,14,16,18). The van der Waals surface area contributed by atoms with Crippen molar-refractivity contribution in [2.45, 2.75) is 6.42 Å². The van der Waals surface area contributed by atoms with Crippen LogP contribution in [0, 0.1) is 5.92 Å². The number of amides is 3. The molecule has 6 heteroatoms. The van der Waals surface area contributed by atoms with Crippen LogP contribution in [0.2, 0.25) is 0 Å². The number of carbonyl (C=O) groups excluding carboxylic acids is 2. The third-order valence-electron chi connectivity index (χ3n) is 2.97. The largest absolute Gasteiger partial charge is 0.493 e. The number of hydrogen-bond acceptors (Lipinski definition) is 3. The summed E-state index contributed by atoms with van der Waals surface area (Å²) in [5, 5.41) is 4.99. The fraction of sp³-hybridized carbons (Fsp3) is 0.385. The average molecular weight is 263 g/mol. The fourth-order valence-electron chi connectivity index (χ4n) is 2.01. The number of fused-ring (bicyclic) bond motifs is 1. The Balaban J connectivity index is 1.76. The first-order chi connectivity index (χ1) is 9.15. The van der Waals surface area contributed by atoms with Gasteiger partial charge in [0, 0.05) is 12.5 Å². The van der Waals surface area contributed by atoms with Gasteiger partial charge in [0.05, 0.1) is 13.2 Å². The molecule has 0 radical (unpaired) electrons. The van der Waals surface area contributed by atoms with Crippen LogP contribution < -0.4 is 21.1 Å². The maximum atomic E-state index is 11.4. The predicted molar refractivity (Wildman–Crippen MR) is 69.7 cm³/mol.